The molecular weight excluding hydrogens is 242 g/mol. The van der Waals surface area contributed by atoms with Crippen molar-refractivity contribution in [3.8, 4) is 0 Å². The number of para-hydroxylation sites is 1. The summed E-state index contributed by atoms with van der Waals surface area (Å²) in [5.74, 6) is -0.459. The lowest BCUT2D eigenvalue weighted by Crippen LogP contribution is -2.51. The number of anilines is 1. The number of fused-ring (bicyclic) bond motifs is 1. The third kappa shape index (κ3) is 2.36. The maximum Gasteiger partial charge on any atom is 0.329 e. The van der Waals surface area contributed by atoms with E-state index in [1.165, 1.54) is 0 Å². The summed E-state index contributed by atoms with van der Waals surface area (Å²) in [5.41, 5.74) is -0.232. The van der Waals surface area contributed by atoms with Crippen LogP contribution >= 0.6 is 0 Å². The van der Waals surface area contributed by atoms with Crippen LogP contribution in [0.5, 0.6) is 0 Å². The Morgan fingerprint density at radius 2 is 2.05 bits per heavy atom. The van der Waals surface area contributed by atoms with Crippen LogP contribution < -0.4 is 4.90 Å². The van der Waals surface area contributed by atoms with E-state index in [-0.39, 0.29) is 0 Å². The van der Waals surface area contributed by atoms with Gasteiger partial charge in [-0.15, -0.1) is 0 Å². The normalized spacial score (nSPS) is 11.5. The van der Waals surface area contributed by atoms with Crippen molar-refractivity contribution >= 4 is 22.8 Å². The van der Waals surface area contributed by atoms with Gasteiger partial charge in [-0.2, -0.15) is 0 Å². The number of aliphatic carboxylic acids is 1. The summed E-state index contributed by atoms with van der Waals surface area (Å²) in [6.07, 6.45) is 1.72. The standard InChI is InChI=1S/C14H17N3O2/c1-4-17(14(2,3)12(18)19)13-15-9-10-7-5-6-8-11(10)16-13/h5-9H,4H2,1-3H3,(H,18,19). The number of carboxylic acid groups (broad SMARTS) is 1. The van der Waals surface area contributed by atoms with Crippen molar-refractivity contribution < 1.29 is 9.90 Å². The van der Waals surface area contributed by atoms with E-state index in [0.29, 0.717) is 12.5 Å². The second kappa shape index (κ2) is 4.84. The van der Waals surface area contributed by atoms with Crippen molar-refractivity contribution in [2.24, 2.45) is 0 Å². The van der Waals surface area contributed by atoms with Gasteiger partial charge in [0.15, 0.2) is 0 Å². The van der Waals surface area contributed by atoms with E-state index < -0.39 is 11.5 Å². The summed E-state index contributed by atoms with van der Waals surface area (Å²) < 4.78 is 0. The van der Waals surface area contributed by atoms with Crippen molar-refractivity contribution in [2.45, 2.75) is 26.3 Å². The molecule has 1 heterocycles. The number of rotatable bonds is 4. The van der Waals surface area contributed by atoms with Gasteiger partial charge in [-0.1, -0.05) is 18.2 Å². The molecule has 0 amide bonds. The molecule has 0 aliphatic carbocycles. The lowest BCUT2D eigenvalue weighted by molar-refractivity contribution is -0.142. The van der Waals surface area contributed by atoms with Gasteiger partial charge in [0.05, 0.1) is 5.52 Å². The van der Waals surface area contributed by atoms with Crippen LogP contribution in [0.2, 0.25) is 0 Å². The van der Waals surface area contributed by atoms with Crippen LogP contribution in [0.15, 0.2) is 30.5 Å². The van der Waals surface area contributed by atoms with Gasteiger partial charge in [0.2, 0.25) is 5.95 Å². The molecule has 0 bridgehead atoms. The second-order valence-corrected chi connectivity index (χ2v) is 4.84. The van der Waals surface area contributed by atoms with Crippen molar-refractivity contribution in [3.05, 3.63) is 30.5 Å². The highest BCUT2D eigenvalue weighted by Crippen LogP contribution is 2.22. The summed E-state index contributed by atoms with van der Waals surface area (Å²) in [6, 6.07) is 7.64. The number of aromatic nitrogens is 2. The molecule has 0 atom stereocenters. The number of carboxylic acids is 1. The number of carbonyl (C=O) groups is 1. The predicted molar refractivity (Wildman–Crippen MR) is 74.3 cm³/mol. The number of hydrogen-bond donors (Lipinski definition) is 1. The molecule has 100 valence electrons. The van der Waals surface area contributed by atoms with E-state index in [4.69, 9.17) is 0 Å². The summed E-state index contributed by atoms with van der Waals surface area (Å²) in [4.78, 5) is 21.8. The van der Waals surface area contributed by atoms with Crippen LogP contribution in [0.3, 0.4) is 0 Å². The van der Waals surface area contributed by atoms with Crippen molar-refractivity contribution in [1.29, 1.82) is 0 Å². The number of likely N-dealkylation sites (N-methyl/N-ethyl adjacent to an activating group) is 1. The number of nitrogens with zero attached hydrogens (tertiary/aromatic N) is 3. The summed E-state index contributed by atoms with van der Waals surface area (Å²) in [7, 11) is 0. The molecule has 0 saturated carbocycles. The Bertz CT molecular complexity index is 610. The van der Waals surface area contributed by atoms with Crippen LogP contribution in [0, 0.1) is 0 Å². The van der Waals surface area contributed by atoms with Gasteiger partial charge in [0.25, 0.3) is 0 Å². The van der Waals surface area contributed by atoms with Gasteiger partial charge in [-0.3, -0.25) is 0 Å². The molecule has 1 aromatic heterocycles. The molecule has 1 N–H and O–H groups in total. The second-order valence-electron chi connectivity index (χ2n) is 4.84. The van der Waals surface area contributed by atoms with E-state index in [1.54, 1.807) is 24.9 Å². The molecular formula is C14H17N3O2. The van der Waals surface area contributed by atoms with Gasteiger partial charge >= 0.3 is 5.97 Å². The van der Waals surface area contributed by atoms with E-state index >= 15 is 0 Å². The Kier molecular flexibility index (Phi) is 3.38. The van der Waals surface area contributed by atoms with E-state index in [0.717, 1.165) is 10.9 Å². The maximum atomic E-state index is 11.4. The summed E-state index contributed by atoms with van der Waals surface area (Å²) in [6.45, 7) is 5.72. The predicted octanol–water partition coefficient (Wildman–Crippen LogP) is 2.32. The highest BCUT2D eigenvalue weighted by atomic mass is 16.4. The van der Waals surface area contributed by atoms with Crippen LogP contribution in [0.4, 0.5) is 5.95 Å². The third-order valence-electron chi connectivity index (χ3n) is 3.23. The fourth-order valence-electron chi connectivity index (χ4n) is 1.99. The molecule has 5 nitrogen and oxygen atoms in total. The Labute approximate surface area is 111 Å². The van der Waals surface area contributed by atoms with Crippen molar-refractivity contribution in [1.82, 2.24) is 9.97 Å². The van der Waals surface area contributed by atoms with Crippen LogP contribution in [-0.4, -0.2) is 33.1 Å². The molecule has 0 saturated heterocycles. The number of benzene rings is 1. The van der Waals surface area contributed by atoms with Crippen LogP contribution in [-0.2, 0) is 4.79 Å². The lowest BCUT2D eigenvalue weighted by Gasteiger charge is -2.34. The zero-order valence-corrected chi connectivity index (χ0v) is 11.3. The minimum absolute atomic E-state index is 0.439. The van der Waals surface area contributed by atoms with Gasteiger partial charge in [0.1, 0.15) is 5.54 Å². The lowest BCUT2D eigenvalue weighted by atomic mass is 10.0. The van der Waals surface area contributed by atoms with Gasteiger partial charge < -0.3 is 10.0 Å². The fraction of sp³-hybridized carbons (Fsp3) is 0.357. The molecule has 0 fully saturated rings. The quantitative estimate of drug-likeness (QED) is 0.912. The van der Waals surface area contributed by atoms with Crippen LogP contribution in [0.1, 0.15) is 20.8 Å². The molecule has 5 heteroatoms. The van der Waals surface area contributed by atoms with Crippen molar-refractivity contribution in [2.75, 3.05) is 11.4 Å². The molecule has 2 aromatic rings. The zero-order chi connectivity index (χ0) is 14.0. The molecule has 0 spiro atoms. The SMILES string of the molecule is CCN(c1ncc2ccccc2n1)C(C)(C)C(=O)O. The smallest absolute Gasteiger partial charge is 0.329 e. The molecule has 1 aromatic carbocycles. The first-order valence-corrected chi connectivity index (χ1v) is 6.19. The third-order valence-corrected chi connectivity index (χ3v) is 3.23. The Morgan fingerprint density at radius 3 is 2.68 bits per heavy atom. The minimum atomic E-state index is -1.04. The number of hydrogen-bond acceptors (Lipinski definition) is 4. The molecule has 0 aliphatic heterocycles. The fourth-order valence-corrected chi connectivity index (χ4v) is 1.99. The minimum Gasteiger partial charge on any atom is -0.480 e. The summed E-state index contributed by atoms with van der Waals surface area (Å²) >= 11 is 0. The van der Waals surface area contributed by atoms with Crippen molar-refractivity contribution in [3.63, 3.8) is 0 Å². The largest absolute Gasteiger partial charge is 0.480 e. The summed E-state index contributed by atoms with van der Waals surface area (Å²) in [5, 5.41) is 10.3. The Balaban J connectivity index is 2.49. The first-order valence-electron chi connectivity index (χ1n) is 6.19. The van der Waals surface area contributed by atoms with E-state index in [1.807, 2.05) is 31.2 Å². The van der Waals surface area contributed by atoms with Gasteiger partial charge in [0, 0.05) is 18.1 Å². The van der Waals surface area contributed by atoms with E-state index in [2.05, 4.69) is 9.97 Å². The Hall–Kier alpha value is -2.17. The first kappa shape index (κ1) is 13.3. The average Bonchev–Trinajstić information content (AvgIpc) is 2.39. The first-order chi connectivity index (χ1) is 8.96. The monoisotopic (exact) mass is 259 g/mol. The highest BCUT2D eigenvalue weighted by molar-refractivity contribution is 5.83. The van der Waals surface area contributed by atoms with Crippen LogP contribution in [0.25, 0.3) is 10.9 Å². The topological polar surface area (TPSA) is 66.3 Å². The highest BCUT2D eigenvalue weighted by Gasteiger charge is 2.35. The molecule has 2 rings (SSSR count). The van der Waals surface area contributed by atoms with Gasteiger partial charge in [-0.25, -0.2) is 14.8 Å². The van der Waals surface area contributed by atoms with E-state index in [9.17, 15) is 9.90 Å². The molecule has 0 aliphatic rings. The maximum absolute atomic E-state index is 11.4. The zero-order valence-electron chi connectivity index (χ0n) is 11.3. The molecule has 0 unspecified atom stereocenters. The Morgan fingerprint density at radius 1 is 1.37 bits per heavy atom. The molecule has 0 radical (unpaired) electrons. The molecule has 19 heavy (non-hydrogen) atoms. The average molecular weight is 259 g/mol. The van der Waals surface area contributed by atoms with Gasteiger partial charge in [-0.05, 0) is 26.8 Å².